The molecule has 0 radical (unpaired) electrons. The van der Waals surface area contributed by atoms with E-state index in [0.717, 1.165) is 12.1 Å². The highest BCUT2D eigenvalue weighted by Gasteiger charge is 2.32. The molecular weight excluding hydrogens is 386 g/mol. The van der Waals surface area contributed by atoms with Gasteiger partial charge < -0.3 is 10.2 Å². The van der Waals surface area contributed by atoms with Gasteiger partial charge >= 0.3 is 0 Å². The Balaban J connectivity index is 1.91. The SMILES string of the molecule is CC(C)c1ccc(S(=O)(=O)N2CCC(C(=O)NCC(C)(C)CN(C)C)CC2)cc1. The second-order valence-electron chi connectivity index (χ2n) is 9.52. The Labute approximate surface area is 176 Å². The van der Waals surface area contributed by atoms with Crippen molar-refractivity contribution in [1.29, 1.82) is 0 Å². The largest absolute Gasteiger partial charge is 0.355 e. The summed E-state index contributed by atoms with van der Waals surface area (Å²) < 4.78 is 27.4. The van der Waals surface area contributed by atoms with Gasteiger partial charge in [-0.2, -0.15) is 4.31 Å². The van der Waals surface area contributed by atoms with Crippen LogP contribution in [0.3, 0.4) is 0 Å². The maximum Gasteiger partial charge on any atom is 0.243 e. The number of nitrogens with one attached hydrogen (secondary N) is 1. The molecule has 1 N–H and O–H groups in total. The topological polar surface area (TPSA) is 69.7 Å². The molecule has 0 unspecified atom stereocenters. The Kier molecular flexibility index (Phi) is 7.87. The molecule has 0 aliphatic carbocycles. The van der Waals surface area contributed by atoms with Crippen molar-refractivity contribution in [2.75, 3.05) is 40.3 Å². The first-order valence-corrected chi connectivity index (χ1v) is 11.9. The number of carbonyl (C=O) groups excluding carboxylic acids is 1. The van der Waals surface area contributed by atoms with Crippen molar-refractivity contribution >= 4 is 15.9 Å². The molecule has 1 fully saturated rings. The molecule has 29 heavy (non-hydrogen) atoms. The van der Waals surface area contributed by atoms with E-state index in [-0.39, 0.29) is 17.2 Å². The minimum absolute atomic E-state index is 0.00858. The Morgan fingerprint density at radius 3 is 2.21 bits per heavy atom. The van der Waals surface area contributed by atoms with Crippen LogP contribution in [0.5, 0.6) is 0 Å². The number of nitrogens with zero attached hydrogens (tertiary/aromatic N) is 2. The standard InChI is InChI=1S/C22H37N3O3S/c1-17(2)18-7-9-20(10-8-18)29(27,28)25-13-11-19(12-14-25)21(26)23-15-22(3,4)16-24(5)6/h7-10,17,19H,11-16H2,1-6H3,(H,23,26). The van der Waals surface area contributed by atoms with E-state index in [1.54, 1.807) is 12.1 Å². The van der Waals surface area contributed by atoms with Gasteiger partial charge in [-0.05, 0) is 56.0 Å². The maximum atomic E-state index is 12.9. The lowest BCUT2D eigenvalue weighted by Gasteiger charge is -2.32. The van der Waals surface area contributed by atoms with Crippen molar-refractivity contribution in [1.82, 2.24) is 14.5 Å². The van der Waals surface area contributed by atoms with Crippen LogP contribution in [0.2, 0.25) is 0 Å². The van der Waals surface area contributed by atoms with Crippen LogP contribution in [0.4, 0.5) is 0 Å². The van der Waals surface area contributed by atoms with E-state index in [0.29, 0.717) is 43.3 Å². The van der Waals surface area contributed by atoms with Gasteiger partial charge in [-0.15, -0.1) is 0 Å². The lowest BCUT2D eigenvalue weighted by molar-refractivity contribution is -0.126. The predicted octanol–water partition coefficient (Wildman–Crippen LogP) is 2.91. The fourth-order valence-corrected chi connectivity index (χ4v) is 5.38. The fraction of sp³-hybridized carbons (Fsp3) is 0.682. The fourth-order valence-electron chi connectivity index (χ4n) is 3.91. The number of hydrogen-bond acceptors (Lipinski definition) is 4. The Bertz CT molecular complexity index is 778. The van der Waals surface area contributed by atoms with E-state index < -0.39 is 10.0 Å². The molecule has 7 heteroatoms. The average molecular weight is 424 g/mol. The van der Waals surface area contributed by atoms with Crippen molar-refractivity contribution in [2.24, 2.45) is 11.3 Å². The van der Waals surface area contributed by atoms with E-state index >= 15 is 0 Å². The molecule has 0 bridgehead atoms. The number of carbonyl (C=O) groups is 1. The summed E-state index contributed by atoms with van der Waals surface area (Å²) in [6, 6.07) is 7.15. The number of sulfonamides is 1. The average Bonchev–Trinajstić information content (AvgIpc) is 2.65. The highest BCUT2D eigenvalue weighted by Crippen LogP contribution is 2.25. The third-order valence-corrected chi connectivity index (χ3v) is 7.41. The molecule has 1 aliphatic rings. The molecule has 1 heterocycles. The van der Waals surface area contributed by atoms with E-state index in [9.17, 15) is 13.2 Å². The molecule has 1 aromatic carbocycles. The van der Waals surface area contributed by atoms with Gasteiger partial charge in [0.15, 0.2) is 0 Å². The normalized spacial score (nSPS) is 17.1. The summed E-state index contributed by atoms with van der Waals surface area (Å²) in [6.07, 6.45) is 1.12. The number of rotatable bonds is 8. The predicted molar refractivity (Wildman–Crippen MR) is 117 cm³/mol. The van der Waals surface area contributed by atoms with Crippen LogP contribution in [0.25, 0.3) is 0 Å². The lowest BCUT2D eigenvalue weighted by Crippen LogP contribution is -2.45. The van der Waals surface area contributed by atoms with Gasteiger partial charge in [-0.1, -0.05) is 39.8 Å². The first kappa shape index (κ1) is 23.8. The third kappa shape index (κ3) is 6.52. The van der Waals surface area contributed by atoms with Crippen LogP contribution in [-0.4, -0.2) is 63.8 Å². The Hall–Kier alpha value is -1.44. The van der Waals surface area contributed by atoms with Gasteiger partial charge in [0, 0.05) is 32.1 Å². The van der Waals surface area contributed by atoms with Gasteiger partial charge in [-0.25, -0.2) is 8.42 Å². The molecule has 0 atom stereocenters. The van der Waals surface area contributed by atoms with Crippen molar-refractivity contribution in [3.63, 3.8) is 0 Å². The van der Waals surface area contributed by atoms with E-state index in [1.165, 1.54) is 4.31 Å². The molecular formula is C22H37N3O3S. The smallest absolute Gasteiger partial charge is 0.243 e. The molecule has 6 nitrogen and oxygen atoms in total. The summed E-state index contributed by atoms with van der Waals surface area (Å²) in [5, 5.41) is 3.07. The number of amides is 1. The van der Waals surface area contributed by atoms with Crippen LogP contribution in [0.15, 0.2) is 29.2 Å². The minimum Gasteiger partial charge on any atom is -0.355 e. The van der Waals surface area contributed by atoms with Gasteiger partial charge in [0.05, 0.1) is 4.90 Å². The first-order chi connectivity index (χ1) is 13.4. The maximum absolute atomic E-state index is 12.9. The van der Waals surface area contributed by atoms with E-state index in [2.05, 4.69) is 37.9 Å². The molecule has 164 valence electrons. The van der Waals surface area contributed by atoms with Crippen LogP contribution in [-0.2, 0) is 14.8 Å². The highest BCUT2D eigenvalue weighted by molar-refractivity contribution is 7.89. The summed E-state index contributed by atoms with van der Waals surface area (Å²) in [4.78, 5) is 15.0. The lowest BCUT2D eigenvalue weighted by atomic mass is 9.91. The highest BCUT2D eigenvalue weighted by atomic mass is 32.2. The number of hydrogen-bond donors (Lipinski definition) is 1. The molecule has 1 aliphatic heterocycles. The van der Waals surface area contributed by atoms with Gasteiger partial charge in [0.1, 0.15) is 0 Å². The summed E-state index contributed by atoms with van der Waals surface area (Å²) in [7, 11) is 0.541. The third-order valence-electron chi connectivity index (χ3n) is 5.49. The molecule has 1 aromatic rings. The first-order valence-electron chi connectivity index (χ1n) is 10.4. The monoisotopic (exact) mass is 423 g/mol. The number of benzene rings is 1. The van der Waals surface area contributed by atoms with Gasteiger partial charge in [-0.3, -0.25) is 4.79 Å². The summed E-state index contributed by atoms with van der Waals surface area (Å²) in [5.74, 6) is 0.277. The molecule has 1 amide bonds. The summed E-state index contributed by atoms with van der Waals surface area (Å²) >= 11 is 0. The van der Waals surface area contributed by atoms with Crippen molar-refractivity contribution in [2.45, 2.75) is 51.3 Å². The quantitative estimate of drug-likeness (QED) is 0.698. The Morgan fingerprint density at radius 1 is 1.17 bits per heavy atom. The molecule has 1 saturated heterocycles. The molecule has 0 aromatic heterocycles. The molecule has 0 saturated carbocycles. The second-order valence-corrected chi connectivity index (χ2v) is 11.5. The summed E-state index contributed by atoms with van der Waals surface area (Å²) in [5.41, 5.74) is 1.11. The van der Waals surface area contributed by atoms with E-state index in [1.807, 2.05) is 26.2 Å². The zero-order chi connectivity index (χ0) is 21.8. The molecule has 2 rings (SSSR count). The van der Waals surface area contributed by atoms with Crippen LogP contribution in [0, 0.1) is 11.3 Å². The van der Waals surface area contributed by atoms with Crippen LogP contribution >= 0.6 is 0 Å². The zero-order valence-electron chi connectivity index (χ0n) is 18.7. The molecule has 0 spiro atoms. The zero-order valence-corrected chi connectivity index (χ0v) is 19.6. The van der Waals surface area contributed by atoms with Gasteiger partial charge in [0.2, 0.25) is 15.9 Å². The minimum atomic E-state index is -3.51. The Morgan fingerprint density at radius 2 is 1.72 bits per heavy atom. The second kappa shape index (κ2) is 9.58. The summed E-state index contributed by atoms with van der Waals surface area (Å²) in [6.45, 7) is 10.7. The van der Waals surface area contributed by atoms with E-state index in [4.69, 9.17) is 0 Å². The van der Waals surface area contributed by atoms with Crippen molar-refractivity contribution in [3.05, 3.63) is 29.8 Å². The van der Waals surface area contributed by atoms with Gasteiger partial charge in [0.25, 0.3) is 0 Å². The number of piperidine rings is 1. The van der Waals surface area contributed by atoms with Crippen LogP contribution < -0.4 is 5.32 Å². The van der Waals surface area contributed by atoms with Crippen LogP contribution in [0.1, 0.15) is 52.0 Å². The van der Waals surface area contributed by atoms with Crippen molar-refractivity contribution < 1.29 is 13.2 Å². The van der Waals surface area contributed by atoms with Crippen molar-refractivity contribution in [3.8, 4) is 0 Å².